The third kappa shape index (κ3) is 5.48. The SMILES string of the molecule is C[Si](C)(C)/C(=C\Cc1ccccc1)[Se]c1ccc(Cl)cc1. The second-order valence-electron chi connectivity index (χ2n) is 6.06. The molecule has 0 saturated heterocycles. The fraction of sp³-hybridized carbons (Fsp3) is 0.222. The van der Waals surface area contributed by atoms with Crippen LogP contribution in [0.15, 0.2) is 64.8 Å². The van der Waals surface area contributed by atoms with Gasteiger partial charge in [-0.05, 0) is 0 Å². The van der Waals surface area contributed by atoms with Gasteiger partial charge in [-0.1, -0.05) is 0 Å². The predicted molar refractivity (Wildman–Crippen MR) is 98.4 cm³/mol. The second kappa shape index (κ2) is 7.46. The molecule has 2 aromatic carbocycles. The van der Waals surface area contributed by atoms with Gasteiger partial charge in [-0.25, -0.2) is 0 Å². The molecular formula is C18H21ClSeSi. The maximum atomic E-state index is 5.98. The number of rotatable bonds is 5. The van der Waals surface area contributed by atoms with Crippen molar-refractivity contribution in [1.29, 1.82) is 0 Å². The van der Waals surface area contributed by atoms with E-state index < -0.39 is 8.07 Å². The van der Waals surface area contributed by atoms with Gasteiger partial charge in [-0.2, -0.15) is 0 Å². The molecule has 110 valence electrons. The van der Waals surface area contributed by atoms with Crippen molar-refractivity contribution in [2.75, 3.05) is 0 Å². The molecule has 0 aliphatic carbocycles. The zero-order chi connectivity index (χ0) is 15.3. The van der Waals surface area contributed by atoms with Gasteiger partial charge >= 0.3 is 141 Å². The molecule has 0 aromatic heterocycles. The first-order chi connectivity index (χ1) is 9.95. The summed E-state index contributed by atoms with van der Waals surface area (Å²) in [6, 6.07) is 19.0. The van der Waals surface area contributed by atoms with Crippen molar-refractivity contribution in [2.24, 2.45) is 0 Å². The Morgan fingerprint density at radius 3 is 2.19 bits per heavy atom. The van der Waals surface area contributed by atoms with E-state index in [9.17, 15) is 0 Å². The quantitative estimate of drug-likeness (QED) is 0.662. The van der Waals surface area contributed by atoms with Crippen LogP contribution in [0.2, 0.25) is 24.7 Å². The van der Waals surface area contributed by atoms with E-state index >= 15 is 0 Å². The van der Waals surface area contributed by atoms with Crippen LogP contribution in [0.3, 0.4) is 0 Å². The minimum atomic E-state index is -1.28. The van der Waals surface area contributed by atoms with Gasteiger partial charge in [0, 0.05) is 0 Å². The van der Waals surface area contributed by atoms with Crippen LogP contribution in [0, 0.1) is 0 Å². The number of hydrogen-bond acceptors (Lipinski definition) is 0. The summed E-state index contributed by atoms with van der Waals surface area (Å²) in [5, 5.41) is 0.817. The molecule has 21 heavy (non-hydrogen) atoms. The summed E-state index contributed by atoms with van der Waals surface area (Å²) < 4.78 is 3.08. The first kappa shape index (κ1) is 16.6. The molecule has 2 rings (SSSR count). The van der Waals surface area contributed by atoms with Crippen LogP contribution in [0.5, 0.6) is 0 Å². The molecule has 2 aromatic rings. The Morgan fingerprint density at radius 1 is 1.00 bits per heavy atom. The molecule has 3 heteroatoms. The van der Waals surface area contributed by atoms with Crippen molar-refractivity contribution in [3.05, 3.63) is 75.4 Å². The molecule has 0 bridgehead atoms. The Bertz CT molecular complexity index is 597. The van der Waals surface area contributed by atoms with Crippen LogP contribution in [0.25, 0.3) is 0 Å². The summed E-state index contributed by atoms with van der Waals surface area (Å²) in [6.07, 6.45) is 3.51. The van der Waals surface area contributed by atoms with Crippen molar-refractivity contribution < 1.29 is 0 Å². The summed E-state index contributed by atoms with van der Waals surface area (Å²) in [5.74, 6) is 0. The van der Waals surface area contributed by atoms with Gasteiger partial charge in [0.15, 0.2) is 0 Å². The number of halogens is 1. The first-order valence-electron chi connectivity index (χ1n) is 7.13. The van der Waals surface area contributed by atoms with E-state index in [-0.39, 0.29) is 0 Å². The van der Waals surface area contributed by atoms with Crippen LogP contribution in [-0.2, 0) is 6.42 Å². The van der Waals surface area contributed by atoms with E-state index in [2.05, 4.69) is 68.2 Å². The first-order valence-corrected chi connectivity index (χ1v) is 12.7. The standard InChI is InChI=1S/C18H21ClSeSi/c1-21(2,3)18(14-9-15-7-5-4-6-8-15)20-17-12-10-16(19)11-13-17/h4-8,10-14H,9H2,1-3H3/b18-14-. The average Bonchev–Trinajstić information content (AvgIpc) is 2.45. The van der Waals surface area contributed by atoms with Crippen LogP contribution in [-0.4, -0.2) is 23.0 Å². The summed E-state index contributed by atoms with van der Waals surface area (Å²) in [5.41, 5.74) is 1.39. The van der Waals surface area contributed by atoms with Crippen molar-refractivity contribution in [3.63, 3.8) is 0 Å². The van der Waals surface area contributed by atoms with Crippen LogP contribution in [0.4, 0.5) is 0 Å². The number of allylic oxidation sites excluding steroid dienone is 1. The van der Waals surface area contributed by atoms with Crippen molar-refractivity contribution >= 4 is 39.1 Å². The zero-order valence-corrected chi connectivity index (χ0v) is 16.2. The van der Waals surface area contributed by atoms with Crippen LogP contribution < -0.4 is 4.46 Å². The predicted octanol–water partition coefficient (Wildman–Crippen LogP) is 4.67. The summed E-state index contributed by atoms with van der Waals surface area (Å²) in [7, 11) is -1.28. The number of benzene rings is 2. The molecule has 0 amide bonds. The molecule has 0 nitrogen and oxygen atoms in total. The molecule has 0 fully saturated rings. The molecule has 0 radical (unpaired) electrons. The fourth-order valence-electron chi connectivity index (χ4n) is 1.96. The van der Waals surface area contributed by atoms with E-state index in [1.54, 1.807) is 4.09 Å². The normalized spacial score (nSPS) is 12.5. The maximum absolute atomic E-state index is 5.98. The van der Waals surface area contributed by atoms with Gasteiger partial charge in [0.05, 0.1) is 0 Å². The molecule has 0 unspecified atom stereocenters. The van der Waals surface area contributed by atoms with Gasteiger partial charge in [0.25, 0.3) is 0 Å². The molecular weight excluding hydrogens is 359 g/mol. The van der Waals surface area contributed by atoms with E-state index in [1.807, 2.05) is 12.1 Å². The van der Waals surface area contributed by atoms with E-state index in [4.69, 9.17) is 11.6 Å². The summed E-state index contributed by atoms with van der Waals surface area (Å²) >= 11 is 6.39. The summed E-state index contributed by atoms with van der Waals surface area (Å²) in [4.78, 5) is 0. The minimum absolute atomic E-state index is 0.407. The molecule has 0 aliphatic rings. The van der Waals surface area contributed by atoms with Crippen molar-refractivity contribution in [2.45, 2.75) is 26.1 Å². The van der Waals surface area contributed by atoms with E-state index in [0.717, 1.165) is 11.4 Å². The Balaban J connectivity index is 2.17. The van der Waals surface area contributed by atoms with Crippen LogP contribution in [0.1, 0.15) is 5.56 Å². The van der Waals surface area contributed by atoms with Gasteiger partial charge in [0.2, 0.25) is 0 Å². The van der Waals surface area contributed by atoms with Gasteiger partial charge in [-0.3, -0.25) is 0 Å². The average molecular weight is 380 g/mol. The van der Waals surface area contributed by atoms with Crippen LogP contribution >= 0.6 is 11.6 Å². The monoisotopic (exact) mass is 380 g/mol. The topological polar surface area (TPSA) is 0 Å². The number of hydrogen-bond donors (Lipinski definition) is 0. The second-order valence-corrected chi connectivity index (χ2v) is 14.7. The van der Waals surface area contributed by atoms with Gasteiger partial charge in [-0.15, -0.1) is 0 Å². The summed E-state index contributed by atoms with van der Waals surface area (Å²) in [6.45, 7) is 7.30. The molecule has 0 spiro atoms. The Labute approximate surface area is 140 Å². The Hall–Kier alpha value is -0.794. The Kier molecular flexibility index (Phi) is 5.89. The van der Waals surface area contributed by atoms with E-state index in [0.29, 0.717) is 15.0 Å². The van der Waals surface area contributed by atoms with Crippen molar-refractivity contribution in [1.82, 2.24) is 0 Å². The van der Waals surface area contributed by atoms with Gasteiger partial charge in [0.1, 0.15) is 0 Å². The zero-order valence-electron chi connectivity index (χ0n) is 12.8. The molecule has 0 heterocycles. The third-order valence-electron chi connectivity index (χ3n) is 3.15. The van der Waals surface area contributed by atoms with Crippen molar-refractivity contribution in [3.8, 4) is 0 Å². The molecule has 0 aliphatic heterocycles. The van der Waals surface area contributed by atoms with Gasteiger partial charge < -0.3 is 0 Å². The molecule has 0 N–H and O–H groups in total. The Morgan fingerprint density at radius 2 is 1.62 bits per heavy atom. The molecule has 0 saturated carbocycles. The third-order valence-corrected chi connectivity index (χ3v) is 11.3. The van der Waals surface area contributed by atoms with E-state index in [1.165, 1.54) is 10.0 Å². The fourth-order valence-corrected chi connectivity index (χ4v) is 7.09. The molecule has 0 atom stereocenters.